The van der Waals surface area contributed by atoms with Gasteiger partial charge in [0.2, 0.25) is 5.91 Å². The number of alkyl halides is 3. The van der Waals surface area contributed by atoms with Crippen LogP contribution >= 0.6 is 11.6 Å². The van der Waals surface area contributed by atoms with Gasteiger partial charge in [0.1, 0.15) is 6.04 Å². The van der Waals surface area contributed by atoms with Crippen molar-refractivity contribution in [2.75, 3.05) is 30.8 Å². The Morgan fingerprint density at radius 3 is 2.34 bits per heavy atom. The minimum atomic E-state index is -4.46. The number of esters is 1. The number of nitrogens with two attached hydrogens (primary N) is 1. The molecule has 2 unspecified atom stereocenters. The summed E-state index contributed by atoms with van der Waals surface area (Å²) in [5.74, 6) is -0.928. The number of methoxy groups -OCH3 is 1. The van der Waals surface area contributed by atoms with E-state index < -0.39 is 23.8 Å². The molecule has 2 saturated heterocycles. The first-order valence-corrected chi connectivity index (χ1v) is 11.9. The van der Waals surface area contributed by atoms with E-state index in [-0.39, 0.29) is 23.6 Å². The van der Waals surface area contributed by atoms with E-state index in [9.17, 15) is 22.8 Å². The van der Waals surface area contributed by atoms with Crippen LogP contribution in [-0.2, 0) is 20.5 Å². The first-order chi connectivity index (χ1) is 16.6. The highest BCUT2D eigenvalue weighted by atomic mass is 35.5. The van der Waals surface area contributed by atoms with Gasteiger partial charge in [-0.2, -0.15) is 13.2 Å². The van der Waals surface area contributed by atoms with Gasteiger partial charge >= 0.3 is 12.1 Å². The lowest BCUT2D eigenvalue weighted by atomic mass is 9.93. The molecule has 0 radical (unpaired) electrons. The normalized spacial score (nSPS) is 21.3. The average molecular weight is 510 g/mol. The molecular formula is C25H27ClF3N3O3. The number of benzene rings is 2. The van der Waals surface area contributed by atoms with E-state index in [4.69, 9.17) is 22.1 Å². The Hall–Kier alpha value is -2.94. The third kappa shape index (κ3) is 5.05. The van der Waals surface area contributed by atoms with Crippen LogP contribution in [0.25, 0.3) is 0 Å². The van der Waals surface area contributed by atoms with Crippen LogP contribution in [0.5, 0.6) is 0 Å². The van der Waals surface area contributed by atoms with Gasteiger partial charge in [-0.05, 0) is 55.5 Å². The molecule has 0 aliphatic carbocycles. The molecule has 2 N–H and O–H groups in total. The molecule has 188 valence electrons. The molecule has 2 heterocycles. The van der Waals surface area contributed by atoms with E-state index in [1.54, 1.807) is 11.0 Å². The van der Waals surface area contributed by atoms with Gasteiger partial charge in [-0.15, -0.1) is 0 Å². The second kappa shape index (κ2) is 9.97. The number of ether oxygens (including phenoxy) is 1. The van der Waals surface area contributed by atoms with Crippen LogP contribution in [0.3, 0.4) is 0 Å². The number of nitrogens with zero attached hydrogens (tertiary/aromatic N) is 2. The highest BCUT2D eigenvalue weighted by molar-refractivity contribution is 6.31. The second-order valence-electron chi connectivity index (χ2n) is 8.93. The number of carbonyl (C=O) groups is 2. The molecule has 10 heteroatoms. The molecule has 6 nitrogen and oxygen atoms in total. The minimum Gasteiger partial charge on any atom is -0.467 e. The van der Waals surface area contributed by atoms with Crippen molar-refractivity contribution in [1.29, 1.82) is 0 Å². The number of piperidine rings is 1. The molecule has 2 aromatic rings. The predicted molar refractivity (Wildman–Crippen MR) is 127 cm³/mol. The van der Waals surface area contributed by atoms with Crippen LogP contribution in [0.1, 0.15) is 42.9 Å². The van der Waals surface area contributed by atoms with E-state index in [0.717, 1.165) is 17.7 Å². The van der Waals surface area contributed by atoms with Crippen LogP contribution in [0.15, 0.2) is 42.5 Å². The van der Waals surface area contributed by atoms with Crippen LogP contribution in [0.2, 0.25) is 5.02 Å². The standard InChI is InChI=1S/C25H27ClF3N3O3/c1-35-24(34)22-9-8-20(17-4-2-3-5-18(17)26)32(22)23(33)15-10-12-31(13-11-15)21-7-6-16(14-19(21)30)25(27,28)29/h2-7,14-15,20,22H,8-13,30H2,1H3. The molecule has 0 saturated carbocycles. The number of carbonyl (C=O) groups excluding carboxylic acids is 2. The molecule has 0 spiro atoms. The Kier molecular flexibility index (Phi) is 7.17. The maximum absolute atomic E-state index is 13.7. The number of amides is 1. The quantitative estimate of drug-likeness (QED) is 0.460. The van der Waals surface area contributed by atoms with E-state index in [1.807, 2.05) is 23.1 Å². The molecule has 0 aromatic heterocycles. The zero-order valence-corrected chi connectivity index (χ0v) is 20.0. The van der Waals surface area contributed by atoms with Gasteiger partial charge in [0.25, 0.3) is 0 Å². The monoisotopic (exact) mass is 509 g/mol. The molecular weight excluding hydrogens is 483 g/mol. The third-order valence-corrected chi connectivity index (χ3v) is 7.26. The third-order valence-electron chi connectivity index (χ3n) is 6.92. The number of nitrogen functional groups attached to an aromatic ring is 1. The van der Waals surface area contributed by atoms with Crippen LogP contribution in [0, 0.1) is 5.92 Å². The highest BCUT2D eigenvalue weighted by Gasteiger charge is 2.45. The summed E-state index contributed by atoms with van der Waals surface area (Å²) in [6.45, 7) is 0.916. The first-order valence-electron chi connectivity index (χ1n) is 11.5. The van der Waals surface area contributed by atoms with Gasteiger partial charge in [0.05, 0.1) is 30.1 Å². The molecule has 35 heavy (non-hydrogen) atoms. The van der Waals surface area contributed by atoms with Crippen molar-refractivity contribution >= 4 is 34.9 Å². The molecule has 2 aliphatic heterocycles. The van der Waals surface area contributed by atoms with Crippen LogP contribution < -0.4 is 10.6 Å². The zero-order valence-electron chi connectivity index (χ0n) is 19.2. The lowest BCUT2D eigenvalue weighted by Gasteiger charge is -2.38. The lowest BCUT2D eigenvalue weighted by Crippen LogP contribution is -2.48. The van der Waals surface area contributed by atoms with E-state index in [1.165, 1.54) is 13.2 Å². The number of rotatable bonds is 4. The molecule has 2 aliphatic rings. The second-order valence-corrected chi connectivity index (χ2v) is 9.34. The summed E-state index contributed by atoms with van der Waals surface area (Å²) >= 11 is 6.42. The fraction of sp³-hybridized carbons (Fsp3) is 0.440. The fourth-order valence-electron chi connectivity index (χ4n) is 5.13. The van der Waals surface area contributed by atoms with Gasteiger partial charge in [-0.1, -0.05) is 29.8 Å². The lowest BCUT2D eigenvalue weighted by molar-refractivity contribution is -0.154. The summed E-state index contributed by atoms with van der Waals surface area (Å²) in [6, 6.07) is 9.60. The van der Waals surface area contributed by atoms with Gasteiger partial charge in [0.15, 0.2) is 0 Å². The Bertz CT molecular complexity index is 1100. The Labute approximate surface area is 206 Å². The van der Waals surface area contributed by atoms with Gasteiger partial charge in [-0.25, -0.2) is 4.79 Å². The predicted octanol–water partition coefficient (Wildman–Crippen LogP) is 5.06. The van der Waals surface area contributed by atoms with E-state index in [0.29, 0.717) is 49.5 Å². The van der Waals surface area contributed by atoms with Crippen LogP contribution in [-0.4, -0.2) is 43.0 Å². The number of hydrogen-bond acceptors (Lipinski definition) is 5. The first kappa shape index (κ1) is 25.2. The minimum absolute atomic E-state index is 0.0497. The maximum Gasteiger partial charge on any atom is 0.416 e. The summed E-state index contributed by atoms with van der Waals surface area (Å²) < 4.78 is 43.9. The Morgan fingerprint density at radius 1 is 1.06 bits per heavy atom. The molecule has 4 rings (SSSR count). The van der Waals surface area contributed by atoms with E-state index in [2.05, 4.69) is 0 Å². The van der Waals surface area contributed by atoms with E-state index >= 15 is 0 Å². The molecule has 0 bridgehead atoms. The number of anilines is 2. The maximum atomic E-state index is 13.7. The summed E-state index contributed by atoms with van der Waals surface area (Å²) in [6.07, 6.45) is -2.42. The molecule has 2 atom stereocenters. The highest BCUT2D eigenvalue weighted by Crippen LogP contribution is 2.42. The van der Waals surface area contributed by atoms with Gasteiger partial charge in [-0.3, -0.25) is 4.79 Å². The SMILES string of the molecule is COC(=O)C1CCC(c2ccccc2Cl)N1C(=O)C1CCN(c2ccc(C(F)(F)F)cc2N)CC1. The van der Waals surface area contributed by atoms with Crippen molar-refractivity contribution in [3.63, 3.8) is 0 Å². The van der Waals surface area contributed by atoms with Crippen molar-refractivity contribution in [2.45, 2.75) is 43.9 Å². The zero-order chi connectivity index (χ0) is 25.3. The summed E-state index contributed by atoms with van der Waals surface area (Å²) in [5, 5.41) is 0.536. The Balaban J connectivity index is 1.51. The Morgan fingerprint density at radius 2 is 1.74 bits per heavy atom. The van der Waals surface area contributed by atoms with Crippen molar-refractivity contribution < 1.29 is 27.5 Å². The van der Waals surface area contributed by atoms with Gasteiger partial charge in [0, 0.05) is 24.0 Å². The molecule has 2 fully saturated rings. The topological polar surface area (TPSA) is 75.9 Å². The van der Waals surface area contributed by atoms with Crippen molar-refractivity contribution in [1.82, 2.24) is 4.90 Å². The summed E-state index contributed by atoms with van der Waals surface area (Å²) in [4.78, 5) is 29.7. The molecule has 1 amide bonds. The molecule has 2 aromatic carbocycles. The smallest absolute Gasteiger partial charge is 0.416 e. The number of hydrogen-bond donors (Lipinski definition) is 1. The van der Waals surface area contributed by atoms with Crippen molar-refractivity contribution in [2.24, 2.45) is 5.92 Å². The number of likely N-dealkylation sites (tertiary alicyclic amines) is 1. The largest absolute Gasteiger partial charge is 0.467 e. The van der Waals surface area contributed by atoms with Crippen molar-refractivity contribution in [3.05, 3.63) is 58.6 Å². The van der Waals surface area contributed by atoms with Gasteiger partial charge < -0.3 is 20.3 Å². The fourth-order valence-corrected chi connectivity index (χ4v) is 5.40. The van der Waals surface area contributed by atoms with Crippen LogP contribution in [0.4, 0.5) is 24.5 Å². The van der Waals surface area contributed by atoms with Crippen molar-refractivity contribution in [3.8, 4) is 0 Å². The summed E-state index contributed by atoms with van der Waals surface area (Å²) in [7, 11) is 1.31. The average Bonchev–Trinajstić information content (AvgIpc) is 3.28. The number of halogens is 4. The summed E-state index contributed by atoms with van der Waals surface area (Å²) in [5.41, 5.74) is 6.50.